The number of anilines is 1. The van der Waals surface area contributed by atoms with Gasteiger partial charge in [0, 0.05) is 16.7 Å². The topological polar surface area (TPSA) is 81.4 Å². The predicted octanol–water partition coefficient (Wildman–Crippen LogP) is 1.89. The number of rotatable bonds is 6. The Bertz CT molecular complexity index is 563. The first-order chi connectivity index (χ1) is 9.12. The van der Waals surface area contributed by atoms with E-state index in [-0.39, 0.29) is 22.5 Å². The van der Waals surface area contributed by atoms with E-state index in [0.717, 1.165) is 0 Å². The van der Waals surface area contributed by atoms with E-state index in [2.05, 4.69) is 25.4 Å². The molecular formula is C10H12BrF3N2O3S. The van der Waals surface area contributed by atoms with Crippen molar-refractivity contribution in [2.75, 3.05) is 25.5 Å². The van der Waals surface area contributed by atoms with Crippen molar-refractivity contribution in [2.24, 2.45) is 0 Å². The third-order valence-corrected chi connectivity index (χ3v) is 4.49. The summed E-state index contributed by atoms with van der Waals surface area (Å²) in [7, 11) is -3.84. The van der Waals surface area contributed by atoms with Crippen LogP contribution in [0.25, 0.3) is 0 Å². The standard InChI is InChI=1S/C10H12BrF3N2O3S/c11-8-5-7(15)1-2-9(8)20(17,18)16-3-4-19-6-10(12,13)14/h1-2,5,16H,3-4,6,15H2. The molecule has 0 saturated carbocycles. The van der Waals surface area contributed by atoms with Gasteiger partial charge in [0.05, 0.1) is 11.5 Å². The molecule has 0 amide bonds. The molecule has 0 atom stereocenters. The lowest BCUT2D eigenvalue weighted by molar-refractivity contribution is -0.173. The maximum atomic E-state index is 11.9. The SMILES string of the molecule is Nc1ccc(S(=O)(=O)NCCOCC(F)(F)F)c(Br)c1. The Kier molecular flexibility index (Phi) is 5.80. The Hall–Kier alpha value is -0.840. The van der Waals surface area contributed by atoms with E-state index in [1.165, 1.54) is 18.2 Å². The molecule has 114 valence electrons. The first kappa shape index (κ1) is 17.2. The van der Waals surface area contributed by atoms with Crippen LogP contribution in [0.3, 0.4) is 0 Å². The van der Waals surface area contributed by atoms with Gasteiger partial charge in [-0.2, -0.15) is 13.2 Å². The lowest BCUT2D eigenvalue weighted by Crippen LogP contribution is -2.29. The largest absolute Gasteiger partial charge is 0.411 e. The summed E-state index contributed by atoms with van der Waals surface area (Å²) in [6.45, 7) is -2.07. The maximum absolute atomic E-state index is 11.9. The van der Waals surface area contributed by atoms with Crippen molar-refractivity contribution in [2.45, 2.75) is 11.1 Å². The van der Waals surface area contributed by atoms with Gasteiger partial charge >= 0.3 is 6.18 Å². The van der Waals surface area contributed by atoms with Crippen LogP contribution in [0.15, 0.2) is 27.6 Å². The molecule has 0 saturated heterocycles. The molecule has 1 aromatic carbocycles. The molecular weight excluding hydrogens is 365 g/mol. The number of nitrogens with two attached hydrogens (primary N) is 1. The summed E-state index contributed by atoms with van der Waals surface area (Å²) in [5.41, 5.74) is 5.86. The van der Waals surface area contributed by atoms with Gasteiger partial charge < -0.3 is 10.5 Å². The summed E-state index contributed by atoms with van der Waals surface area (Å²) in [5, 5.41) is 0. The second kappa shape index (κ2) is 6.74. The third-order valence-electron chi connectivity index (χ3n) is 2.05. The molecule has 0 aromatic heterocycles. The molecule has 0 radical (unpaired) electrons. The van der Waals surface area contributed by atoms with E-state index in [0.29, 0.717) is 5.69 Å². The molecule has 0 aliphatic rings. The van der Waals surface area contributed by atoms with E-state index in [4.69, 9.17) is 5.73 Å². The molecule has 0 fully saturated rings. The van der Waals surface area contributed by atoms with Crippen LogP contribution >= 0.6 is 15.9 Å². The second-order valence-electron chi connectivity index (χ2n) is 3.76. The van der Waals surface area contributed by atoms with Crippen LogP contribution in [-0.4, -0.2) is 34.4 Å². The van der Waals surface area contributed by atoms with E-state index >= 15 is 0 Å². The van der Waals surface area contributed by atoms with Gasteiger partial charge in [0.1, 0.15) is 6.61 Å². The van der Waals surface area contributed by atoms with Gasteiger partial charge in [-0.1, -0.05) is 0 Å². The van der Waals surface area contributed by atoms with Crippen molar-refractivity contribution < 1.29 is 26.3 Å². The fraction of sp³-hybridized carbons (Fsp3) is 0.400. The molecule has 0 aliphatic heterocycles. The highest BCUT2D eigenvalue weighted by atomic mass is 79.9. The number of ether oxygens (including phenoxy) is 1. The highest BCUT2D eigenvalue weighted by Crippen LogP contribution is 2.23. The lowest BCUT2D eigenvalue weighted by Gasteiger charge is -2.10. The Morgan fingerprint density at radius 3 is 2.55 bits per heavy atom. The summed E-state index contributed by atoms with van der Waals surface area (Å²) in [6.07, 6.45) is -4.43. The van der Waals surface area contributed by atoms with Crippen molar-refractivity contribution in [3.05, 3.63) is 22.7 Å². The Labute approximate surface area is 122 Å². The number of benzene rings is 1. The summed E-state index contributed by atoms with van der Waals surface area (Å²) >= 11 is 3.05. The summed E-state index contributed by atoms with van der Waals surface area (Å²) in [5.74, 6) is 0. The van der Waals surface area contributed by atoms with Crippen LogP contribution in [0.1, 0.15) is 0 Å². The number of halogens is 4. The molecule has 0 aliphatic carbocycles. The quantitative estimate of drug-likeness (QED) is 0.586. The van der Waals surface area contributed by atoms with Gasteiger partial charge in [0.15, 0.2) is 0 Å². The molecule has 20 heavy (non-hydrogen) atoms. The molecule has 0 unspecified atom stereocenters. The zero-order valence-corrected chi connectivity index (χ0v) is 12.5. The minimum absolute atomic E-state index is 0.0532. The van der Waals surface area contributed by atoms with E-state index in [9.17, 15) is 21.6 Å². The number of hydrogen-bond acceptors (Lipinski definition) is 4. The van der Waals surface area contributed by atoms with Gasteiger partial charge in [-0.3, -0.25) is 0 Å². The lowest BCUT2D eigenvalue weighted by atomic mass is 10.3. The van der Waals surface area contributed by atoms with Crippen LogP contribution in [0, 0.1) is 0 Å². The second-order valence-corrected chi connectivity index (χ2v) is 6.35. The van der Waals surface area contributed by atoms with Crippen LogP contribution < -0.4 is 10.5 Å². The Morgan fingerprint density at radius 2 is 2.00 bits per heavy atom. The van der Waals surface area contributed by atoms with Crippen LogP contribution in [0.2, 0.25) is 0 Å². The number of sulfonamides is 1. The summed E-state index contributed by atoms with van der Waals surface area (Å²) in [6, 6.07) is 4.10. The first-order valence-electron chi connectivity index (χ1n) is 5.31. The van der Waals surface area contributed by atoms with E-state index in [1.54, 1.807) is 0 Å². The minimum atomic E-state index is -4.43. The zero-order valence-electron chi connectivity index (χ0n) is 10.1. The van der Waals surface area contributed by atoms with Crippen LogP contribution in [0.4, 0.5) is 18.9 Å². The summed E-state index contributed by atoms with van der Waals surface area (Å²) < 4.78 is 65.8. The number of nitrogen functional groups attached to an aromatic ring is 1. The van der Waals surface area contributed by atoms with Gasteiger partial charge in [0.25, 0.3) is 0 Å². The summed E-state index contributed by atoms with van der Waals surface area (Å²) in [4.78, 5) is -0.0532. The number of nitrogens with one attached hydrogen (secondary N) is 1. The first-order valence-corrected chi connectivity index (χ1v) is 7.58. The number of alkyl halides is 3. The zero-order chi connectivity index (χ0) is 15.4. The Morgan fingerprint density at radius 1 is 1.35 bits per heavy atom. The average molecular weight is 377 g/mol. The van der Waals surface area contributed by atoms with E-state index in [1.807, 2.05) is 0 Å². The normalized spacial score (nSPS) is 12.6. The van der Waals surface area contributed by atoms with E-state index < -0.39 is 22.8 Å². The predicted molar refractivity (Wildman–Crippen MR) is 70.6 cm³/mol. The van der Waals surface area contributed by atoms with Crippen molar-refractivity contribution in [1.82, 2.24) is 4.72 Å². The molecule has 10 heteroatoms. The maximum Gasteiger partial charge on any atom is 0.411 e. The molecule has 1 aromatic rings. The van der Waals surface area contributed by atoms with Crippen LogP contribution in [0.5, 0.6) is 0 Å². The smallest absolute Gasteiger partial charge is 0.399 e. The highest BCUT2D eigenvalue weighted by Gasteiger charge is 2.27. The van der Waals surface area contributed by atoms with Gasteiger partial charge in [0.2, 0.25) is 10.0 Å². The average Bonchev–Trinajstić information content (AvgIpc) is 2.26. The highest BCUT2D eigenvalue weighted by molar-refractivity contribution is 9.10. The van der Waals surface area contributed by atoms with Crippen molar-refractivity contribution in [3.8, 4) is 0 Å². The third kappa shape index (κ3) is 5.65. The molecule has 3 N–H and O–H groups in total. The van der Waals surface area contributed by atoms with Crippen LogP contribution in [-0.2, 0) is 14.8 Å². The monoisotopic (exact) mass is 376 g/mol. The molecule has 5 nitrogen and oxygen atoms in total. The van der Waals surface area contributed by atoms with Gasteiger partial charge in [-0.05, 0) is 34.1 Å². The fourth-order valence-electron chi connectivity index (χ4n) is 1.25. The molecule has 1 rings (SSSR count). The molecule has 0 heterocycles. The van der Waals surface area contributed by atoms with Gasteiger partial charge in [-0.25, -0.2) is 13.1 Å². The van der Waals surface area contributed by atoms with Crippen molar-refractivity contribution in [3.63, 3.8) is 0 Å². The minimum Gasteiger partial charge on any atom is -0.399 e. The van der Waals surface area contributed by atoms with Crippen molar-refractivity contribution >= 4 is 31.6 Å². The van der Waals surface area contributed by atoms with Crippen molar-refractivity contribution in [1.29, 1.82) is 0 Å². The van der Waals surface area contributed by atoms with Gasteiger partial charge in [-0.15, -0.1) is 0 Å². The molecule has 0 bridgehead atoms. The Balaban J connectivity index is 2.54. The fourth-order valence-corrected chi connectivity index (χ4v) is 3.36. The molecule has 0 spiro atoms. The number of hydrogen-bond donors (Lipinski definition) is 2.